The maximum Gasteiger partial charge on any atom is 0.514 e. The van der Waals surface area contributed by atoms with Gasteiger partial charge in [-0.3, -0.25) is 4.68 Å². The Morgan fingerprint density at radius 2 is 1.93 bits per heavy atom. The number of aliphatic hydroxyl groups excluding tert-OH is 1. The van der Waals surface area contributed by atoms with E-state index in [9.17, 15) is 15.0 Å². The Morgan fingerprint density at radius 3 is 2.59 bits per heavy atom. The van der Waals surface area contributed by atoms with E-state index in [0.29, 0.717) is 28.4 Å². The van der Waals surface area contributed by atoms with E-state index in [4.69, 9.17) is 9.47 Å². The minimum Gasteiger partial charge on any atom is -0.506 e. The maximum absolute atomic E-state index is 12.1. The van der Waals surface area contributed by atoms with Crippen molar-refractivity contribution in [2.45, 2.75) is 26.4 Å². The topological polar surface area (TPSA) is 107 Å². The van der Waals surface area contributed by atoms with Crippen LogP contribution in [0.4, 0.5) is 4.79 Å². The lowest BCUT2D eigenvalue weighted by molar-refractivity contribution is 0.0907. The Labute approximate surface area is 168 Å². The highest BCUT2D eigenvalue weighted by atomic mass is 16.7. The number of benzene rings is 1. The molecule has 0 aliphatic carbocycles. The summed E-state index contributed by atoms with van der Waals surface area (Å²) in [5.41, 5.74) is 3.41. The minimum atomic E-state index is -0.838. The first-order chi connectivity index (χ1) is 13.9. The predicted molar refractivity (Wildman–Crippen MR) is 106 cm³/mol. The van der Waals surface area contributed by atoms with Gasteiger partial charge in [-0.15, -0.1) is 0 Å². The molecule has 0 saturated heterocycles. The number of rotatable bonds is 6. The molecular formula is C21H23N3O5. The van der Waals surface area contributed by atoms with Gasteiger partial charge in [0.2, 0.25) is 0 Å². The number of carbonyl (C=O) groups is 1. The summed E-state index contributed by atoms with van der Waals surface area (Å²) in [6.45, 7) is 3.60. The van der Waals surface area contributed by atoms with E-state index >= 15 is 0 Å². The van der Waals surface area contributed by atoms with E-state index in [1.54, 1.807) is 61.2 Å². The van der Waals surface area contributed by atoms with Crippen molar-refractivity contribution in [3.63, 3.8) is 0 Å². The molecule has 29 heavy (non-hydrogen) atoms. The molecule has 0 fully saturated rings. The summed E-state index contributed by atoms with van der Waals surface area (Å²) in [6, 6.07) is 10.1. The summed E-state index contributed by atoms with van der Waals surface area (Å²) < 4.78 is 12.0. The third-order valence-electron chi connectivity index (χ3n) is 4.65. The number of hydrogen-bond donors (Lipinski definition) is 2. The largest absolute Gasteiger partial charge is 0.514 e. The first-order valence-electron chi connectivity index (χ1n) is 9.12. The third-order valence-corrected chi connectivity index (χ3v) is 4.65. The smallest absolute Gasteiger partial charge is 0.506 e. The summed E-state index contributed by atoms with van der Waals surface area (Å²) in [4.78, 5) is 16.4. The molecule has 0 saturated carbocycles. The van der Waals surface area contributed by atoms with Crippen molar-refractivity contribution < 1.29 is 24.5 Å². The number of aryl methyl sites for hydroxylation is 2. The standard InChI is InChI=1S/C21H23N3O5/c1-13(11-25)15-4-6-16(7-5-15)29-21(27)28-12-19-17(10-22-24(19)3)18-8-9-20(26)14(2)23-18/h4-10,13,25-26H,11-12H2,1-3H3. The van der Waals surface area contributed by atoms with E-state index < -0.39 is 6.16 Å². The molecule has 8 heteroatoms. The summed E-state index contributed by atoms with van der Waals surface area (Å²) in [7, 11) is 1.74. The van der Waals surface area contributed by atoms with Gasteiger partial charge in [-0.1, -0.05) is 19.1 Å². The zero-order valence-electron chi connectivity index (χ0n) is 16.5. The molecular weight excluding hydrogens is 374 g/mol. The van der Waals surface area contributed by atoms with Crippen LogP contribution in [0.15, 0.2) is 42.6 Å². The van der Waals surface area contributed by atoms with Crippen LogP contribution in [0.2, 0.25) is 0 Å². The fourth-order valence-corrected chi connectivity index (χ4v) is 2.77. The monoisotopic (exact) mass is 397 g/mol. The van der Waals surface area contributed by atoms with Crippen LogP contribution >= 0.6 is 0 Å². The maximum atomic E-state index is 12.1. The van der Waals surface area contributed by atoms with Crippen LogP contribution in [-0.2, 0) is 18.4 Å². The Balaban J connectivity index is 1.66. The summed E-state index contributed by atoms with van der Waals surface area (Å²) in [5.74, 6) is 0.472. The van der Waals surface area contributed by atoms with Crippen LogP contribution in [0.25, 0.3) is 11.3 Å². The highest BCUT2D eigenvalue weighted by Crippen LogP contribution is 2.25. The van der Waals surface area contributed by atoms with Crippen molar-refractivity contribution in [2.75, 3.05) is 6.61 Å². The van der Waals surface area contributed by atoms with E-state index in [0.717, 1.165) is 5.56 Å². The van der Waals surface area contributed by atoms with Crippen molar-refractivity contribution in [1.29, 1.82) is 0 Å². The average molecular weight is 397 g/mol. The summed E-state index contributed by atoms with van der Waals surface area (Å²) >= 11 is 0. The van der Waals surface area contributed by atoms with Crippen LogP contribution < -0.4 is 4.74 Å². The molecule has 8 nitrogen and oxygen atoms in total. The van der Waals surface area contributed by atoms with Gasteiger partial charge in [0, 0.05) is 25.1 Å². The molecule has 1 aromatic carbocycles. The van der Waals surface area contributed by atoms with Gasteiger partial charge < -0.3 is 19.7 Å². The predicted octanol–water partition coefficient (Wildman–Crippen LogP) is 3.31. The number of hydrogen-bond acceptors (Lipinski definition) is 7. The Hall–Kier alpha value is -3.39. The molecule has 152 valence electrons. The van der Waals surface area contributed by atoms with Gasteiger partial charge >= 0.3 is 6.16 Å². The molecule has 0 bridgehead atoms. The SMILES string of the molecule is Cc1nc(-c2cnn(C)c2COC(=O)Oc2ccc(C(C)CO)cc2)ccc1O. The second-order valence-electron chi connectivity index (χ2n) is 6.72. The van der Waals surface area contributed by atoms with Gasteiger partial charge in [-0.05, 0) is 36.8 Å². The van der Waals surface area contributed by atoms with E-state index in [1.165, 1.54) is 0 Å². The van der Waals surface area contributed by atoms with Crippen LogP contribution in [-0.4, -0.2) is 37.7 Å². The zero-order valence-corrected chi connectivity index (χ0v) is 16.5. The number of ether oxygens (including phenoxy) is 2. The van der Waals surface area contributed by atoms with E-state index in [1.807, 2.05) is 6.92 Å². The number of aliphatic hydroxyl groups is 1. The zero-order chi connectivity index (χ0) is 21.0. The number of nitrogens with zero attached hydrogens (tertiary/aromatic N) is 3. The van der Waals surface area contributed by atoms with Crippen LogP contribution in [0.1, 0.15) is 29.8 Å². The molecule has 3 rings (SSSR count). The number of aromatic nitrogens is 3. The third kappa shape index (κ3) is 4.72. The summed E-state index contributed by atoms with van der Waals surface area (Å²) in [6.07, 6.45) is 0.791. The average Bonchev–Trinajstić information content (AvgIpc) is 3.09. The molecule has 1 unspecified atom stereocenters. The quantitative estimate of drug-likeness (QED) is 0.485. The lowest BCUT2D eigenvalue weighted by Gasteiger charge is -2.10. The molecule has 2 N–H and O–H groups in total. The first kappa shape index (κ1) is 20.3. The Morgan fingerprint density at radius 1 is 1.21 bits per heavy atom. The van der Waals surface area contributed by atoms with Gasteiger partial charge in [0.05, 0.1) is 23.3 Å². The fourth-order valence-electron chi connectivity index (χ4n) is 2.77. The molecule has 1 atom stereocenters. The van der Waals surface area contributed by atoms with Crippen molar-refractivity contribution in [3.8, 4) is 22.8 Å². The van der Waals surface area contributed by atoms with Gasteiger partial charge in [-0.25, -0.2) is 9.78 Å². The molecule has 2 aromatic heterocycles. The van der Waals surface area contributed by atoms with Crippen LogP contribution in [0.5, 0.6) is 11.5 Å². The van der Waals surface area contributed by atoms with Crippen LogP contribution in [0, 0.1) is 6.92 Å². The van der Waals surface area contributed by atoms with Crippen molar-refractivity contribution in [3.05, 3.63) is 59.5 Å². The lowest BCUT2D eigenvalue weighted by atomic mass is 10.0. The molecule has 0 radical (unpaired) electrons. The van der Waals surface area contributed by atoms with Crippen molar-refractivity contribution >= 4 is 6.16 Å². The number of carbonyl (C=O) groups excluding carboxylic acids is 1. The molecule has 0 spiro atoms. The number of aromatic hydroxyl groups is 1. The van der Waals surface area contributed by atoms with E-state index in [-0.39, 0.29) is 24.9 Å². The Bertz CT molecular complexity index is 998. The molecule has 0 amide bonds. The highest BCUT2D eigenvalue weighted by molar-refractivity contribution is 5.65. The Kier molecular flexibility index (Phi) is 6.13. The van der Waals surface area contributed by atoms with Gasteiger partial charge in [-0.2, -0.15) is 5.10 Å². The van der Waals surface area contributed by atoms with Gasteiger partial charge in [0.25, 0.3) is 0 Å². The minimum absolute atomic E-state index is 0.0106. The second kappa shape index (κ2) is 8.74. The number of pyridine rings is 1. The first-order valence-corrected chi connectivity index (χ1v) is 9.12. The van der Waals surface area contributed by atoms with Gasteiger partial charge in [0.1, 0.15) is 18.1 Å². The van der Waals surface area contributed by atoms with E-state index in [2.05, 4.69) is 10.1 Å². The highest BCUT2D eigenvalue weighted by Gasteiger charge is 2.16. The molecule has 0 aliphatic rings. The molecule has 2 heterocycles. The van der Waals surface area contributed by atoms with Gasteiger partial charge in [0.15, 0.2) is 0 Å². The summed E-state index contributed by atoms with van der Waals surface area (Å²) in [5, 5.41) is 23.1. The van der Waals surface area contributed by atoms with Crippen LogP contribution in [0.3, 0.4) is 0 Å². The lowest BCUT2D eigenvalue weighted by Crippen LogP contribution is -2.12. The van der Waals surface area contributed by atoms with Crippen molar-refractivity contribution in [1.82, 2.24) is 14.8 Å². The normalized spacial score (nSPS) is 11.9. The van der Waals surface area contributed by atoms with Crippen molar-refractivity contribution in [2.24, 2.45) is 7.05 Å². The second-order valence-corrected chi connectivity index (χ2v) is 6.72. The fraction of sp³-hybridized carbons (Fsp3) is 0.286. The molecule has 3 aromatic rings. The molecule has 0 aliphatic heterocycles.